The summed E-state index contributed by atoms with van der Waals surface area (Å²) in [5.74, 6) is 0.277. The van der Waals surface area contributed by atoms with E-state index in [0.29, 0.717) is 24.4 Å². The van der Waals surface area contributed by atoms with E-state index in [4.69, 9.17) is 15.2 Å². The maximum absolute atomic E-state index is 10.1. The number of nitrogens with two attached hydrogens (primary N) is 1. The van der Waals surface area contributed by atoms with Gasteiger partial charge in [-0.05, 0) is 19.3 Å². The van der Waals surface area contributed by atoms with Crippen LogP contribution in [0.4, 0.5) is 5.82 Å². The highest BCUT2D eigenvalue weighted by molar-refractivity contribution is 5.82. The zero-order valence-electron chi connectivity index (χ0n) is 11.9. The van der Waals surface area contributed by atoms with Crippen LogP contribution in [-0.2, 0) is 4.74 Å². The van der Waals surface area contributed by atoms with Crippen LogP contribution in [-0.4, -0.2) is 51.1 Å². The lowest BCUT2D eigenvalue weighted by atomic mass is 10.2. The highest BCUT2D eigenvalue weighted by Gasteiger charge is 2.29. The molecule has 0 aliphatic heterocycles. The van der Waals surface area contributed by atoms with Crippen molar-refractivity contribution in [3.63, 3.8) is 0 Å². The molecule has 2 atom stereocenters. The van der Waals surface area contributed by atoms with E-state index in [1.54, 1.807) is 13.4 Å². The summed E-state index contributed by atoms with van der Waals surface area (Å²) in [7, 11) is 1.60. The van der Waals surface area contributed by atoms with Crippen molar-refractivity contribution in [2.24, 2.45) is 0 Å². The van der Waals surface area contributed by atoms with Crippen molar-refractivity contribution in [1.82, 2.24) is 19.5 Å². The quantitative estimate of drug-likeness (QED) is 0.773. The van der Waals surface area contributed by atoms with E-state index in [1.807, 2.05) is 4.57 Å². The molecule has 0 aromatic carbocycles. The Morgan fingerprint density at radius 1 is 1.38 bits per heavy atom. The fraction of sp³-hybridized carbons (Fsp3) is 0.615. The Kier molecular flexibility index (Phi) is 3.89. The molecule has 1 saturated carbocycles. The number of hydrogen-bond acceptors (Lipinski definition) is 7. The number of nitrogen functional groups attached to an aromatic ring is 1. The topological polar surface area (TPSA) is 108 Å². The van der Waals surface area contributed by atoms with Crippen LogP contribution < -0.4 is 10.5 Å². The lowest BCUT2D eigenvalue weighted by Gasteiger charge is -2.16. The van der Waals surface area contributed by atoms with E-state index in [-0.39, 0.29) is 24.0 Å². The van der Waals surface area contributed by atoms with Crippen molar-refractivity contribution in [2.45, 2.75) is 31.4 Å². The zero-order valence-corrected chi connectivity index (χ0v) is 11.9. The number of rotatable bonds is 5. The number of hydrogen-bond donors (Lipinski definition) is 2. The van der Waals surface area contributed by atoms with Gasteiger partial charge in [-0.25, -0.2) is 4.98 Å². The number of aliphatic hydroxyl groups excluding tert-OH is 1. The molecule has 2 heterocycles. The summed E-state index contributed by atoms with van der Waals surface area (Å²) in [5, 5.41) is 10.1. The van der Waals surface area contributed by atoms with E-state index in [2.05, 4.69) is 15.0 Å². The van der Waals surface area contributed by atoms with E-state index in [0.717, 1.165) is 19.3 Å². The number of fused-ring (bicyclic) bond motifs is 1. The van der Waals surface area contributed by atoms with Crippen molar-refractivity contribution >= 4 is 17.0 Å². The molecule has 2 aromatic heterocycles. The van der Waals surface area contributed by atoms with Gasteiger partial charge in [-0.1, -0.05) is 0 Å². The third-order valence-electron chi connectivity index (χ3n) is 3.75. The van der Waals surface area contributed by atoms with Gasteiger partial charge in [-0.3, -0.25) is 0 Å². The lowest BCUT2D eigenvalue weighted by Crippen LogP contribution is -2.18. The van der Waals surface area contributed by atoms with Crippen molar-refractivity contribution in [3.05, 3.63) is 6.33 Å². The number of imidazole rings is 1. The molecular formula is C13H19N5O3. The van der Waals surface area contributed by atoms with Crippen molar-refractivity contribution < 1.29 is 14.6 Å². The summed E-state index contributed by atoms with van der Waals surface area (Å²) in [6.45, 7) is 0.795. The average molecular weight is 293 g/mol. The van der Waals surface area contributed by atoms with Crippen LogP contribution in [0.25, 0.3) is 11.2 Å². The Morgan fingerprint density at radius 2 is 2.24 bits per heavy atom. The Labute approximate surface area is 121 Å². The van der Waals surface area contributed by atoms with Crippen molar-refractivity contribution in [3.8, 4) is 6.01 Å². The number of aromatic nitrogens is 4. The minimum absolute atomic E-state index is 0.0175. The standard InChI is InChI=1S/C13H19N5O3/c1-20-5-6-21-13-16-11(14)10-12(17-13)18(7-15-10)8-3-2-4-9(8)19/h7-9,19H,2-6H2,1H3,(H2,14,16,17)/t8-,9-/m1/s1. The van der Waals surface area contributed by atoms with Gasteiger partial charge in [0.1, 0.15) is 6.61 Å². The smallest absolute Gasteiger partial charge is 0.320 e. The molecule has 1 fully saturated rings. The summed E-state index contributed by atoms with van der Waals surface area (Å²) in [6.07, 6.45) is 3.96. The summed E-state index contributed by atoms with van der Waals surface area (Å²) >= 11 is 0. The molecule has 3 N–H and O–H groups in total. The predicted octanol–water partition coefficient (Wildman–Crippen LogP) is 0.520. The number of nitrogens with zero attached hydrogens (tertiary/aromatic N) is 4. The SMILES string of the molecule is COCCOc1nc(N)c2ncn([C@@H]3CCC[C@H]3O)c2n1. The monoisotopic (exact) mass is 293 g/mol. The molecule has 2 aromatic rings. The Morgan fingerprint density at radius 3 is 2.95 bits per heavy atom. The van der Waals surface area contributed by atoms with Crippen LogP contribution in [0.5, 0.6) is 6.01 Å². The van der Waals surface area contributed by atoms with Crippen LogP contribution >= 0.6 is 0 Å². The second-order valence-corrected chi connectivity index (χ2v) is 5.12. The number of methoxy groups -OCH3 is 1. The molecule has 0 bridgehead atoms. The molecule has 3 rings (SSSR count). The highest BCUT2D eigenvalue weighted by Crippen LogP contribution is 2.33. The van der Waals surface area contributed by atoms with Gasteiger partial charge in [0.05, 0.1) is 25.1 Å². The lowest BCUT2D eigenvalue weighted by molar-refractivity contribution is 0.137. The molecule has 21 heavy (non-hydrogen) atoms. The molecule has 0 radical (unpaired) electrons. The normalized spacial score (nSPS) is 22.0. The first kappa shape index (κ1) is 14.0. The maximum Gasteiger partial charge on any atom is 0.320 e. The fourth-order valence-corrected chi connectivity index (χ4v) is 2.69. The van der Waals surface area contributed by atoms with Crippen molar-refractivity contribution in [2.75, 3.05) is 26.1 Å². The van der Waals surface area contributed by atoms with E-state index in [1.165, 1.54) is 0 Å². The molecule has 0 unspecified atom stereocenters. The molecular weight excluding hydrogens is 274 g/mol. The van der Waals surface area contributed by atoms with Crippen LogP contribution in [0.1, 0.15) is 25.3 Å². The minimum atomic E-state index is -0.378. The molecule has 0 saturated heterocycles. The van der Waals surface area contributed by atoms with Gasteiger partial charge in [-0.15, -0.1) is 0 Å². The highest BCUT2D eigenvalue weighted by atomic mass is 16.5. The molecule has 8 nitrogen and oxygen atoms in total. The van der Waals surface area contributed by atoms with E-state index < -0.39 is 0 Å². The fourth-order valence-electron chi connectivity index (χ4n) is 2.69. The van der Waals surface area contributed by atoms with E-state index >= 15 is 0 Å². The first-order valence-corrected chi connectivity index (χ1v) is 7.00. The number of anilines is 1. The molecule has 0 spiro atoms. The molecule has 1 aliphatic rings. The van der Waals surface area contributed by atoms with Gasteiger partial charge in [0.15, 0.2) is 17.0 Å². The second kappa shape index (κ2) is 5.82. The predicted molar refractivity (Wildman–Crippen MR) is 76.0 cm³/mol. The van der Waals surface area contributed by atoms with Crippen LogP contribution in [0, 0.1) is 0 Å². The van der Waals surface area contributed by atoms with Gasteiger partial charge in [0.2, 0.25) is 0 Å². The largest absolute Gasteiger partial charge is 0.461 e. The van der Waals surface area contributed by atoms with Gasteiger partial charge in [0.25, 0.3) is 0 Å². The number of ether oxygens (including phenoxy) is 2. The number of aliphatic hydroxyl groups is 1. The molecule has 8 heteroatoms. The summed E-state index contributed by atoms with van der Waals surface area (Å²) in [4.78, 5) is 12.7. The maximum atomic E-state index is 10.1. The molecule has 0 amide bonds. The van der Waals surface area contributed by atoms with Gasteiger partial charge >= 0.3 is 6.01 Å². The Bertz CT molecular complexity index is 630. The van der Waals surface area contributed by atoms with Gasteiger partial charge in [0, 0.05) is 7.11 Å². The van der Waals surface area contributed by atoms with Gasteiger partial charge in [-0.2, -0.15) is 9.97 Å². The second-order valence-electron chi connectivity index (χ2n) is 5.12. The molecule has 1 aliphatic carbocycles. The van der Waals surface area contributed by atoms with Gasteiger partial charge < -0.3 is 24.9 Å². The Balaban J connectivity index is 1.94. The van der Waals surface area contributed by atoms with E-state index in [9.17, 15) is 5.11 Å². The van der Waals surface area contributed by atoms with Crippen molar-refractivity contribution in [1.29, 1.82) is 0 Å². The summed E-state index contributed by atoms with van der Waals surface area (Å²) in [6, 6.07) is 0.183. The van der Waals surface area contributed by atoms with Crippen LogP contribution in [0.15, 0.2) is 6.33 Å². The third kappa shape index (κ3) is 2.64. The minimum Gasteiger partial charge on any atom is -0.461 e. The average Bonchev–Trinajstić information content (AvgIpc) is 3.05. The van der Waals surface area contributed by atoms with Crippen LogP contribution in [0.3, 0.4) is 0 Å². The van der Waals surface area contributed by atoms with Crippen LogP contribution in [0.2, 0.25) is 0 Å². The first-order chi connectivity index (χ1) is 10.2. The third-order valence-corrected chi connectivity index (χ3v) is 3.75. The first-order valence-electron chi connectivity index (χ1n) is 7.00. The Hall–Kier alpha value is -1.93. The summed E-state index contributed by atoms with van der Waals surface area (Å²) < 4.78 is 12.2. The molecule has 114 valence electrons. The zero-order chi connectivity index (χ0) is 14.8. The summed E-state index contributed by atoms with van der Waals surface area (Å²) in [5.41, 5.74) is 7.04.